The van der Waals surface area contributed by atoms with Gasteiger partial charge in [0.1, 0.15) is 0 Å². The third-order valence-electron chi connectivity index (χ3n) is 4.22. The van der Waals surface area contributed by atoms with E-state index in [1.165, 1.54) is 14.0 Å². The van der Waals surface area contributed by atoms with Crippen LogP contribution < -0.4 is 4.74 Å². The summed E-state index contributed by atoms with van der Waals surface area (Å²) in [5.41, 5.74) is 0.367. The van der Waals surface area contributed by atoms with Crippen molar-refractivity contribution in [1.82, 2.24) is 4.98 Å². The Morgan fingerprint density at radius 2 is 1.83 bits per heavy atom. The maximum atomic E-state index is 12.6. The molecule has 0 bridgehead atoms. The number of para-hydroxylation sites is 1. The zero-order valence-corrected chi connectivity index (χ0v) is 18.0. The van der Waals surface area contributed by atoms with Gasteiger partial charge >= 0.3 is 174 Å². The molecule has 1 aromatic heterocycles. The van der Waals surface area contributed by atoms with E-state index in [4.69, 9.17) is 14.6 Å². The third kappa shape index (κ3) is 4.75. The van der Waals surface area contributed by atoms with Gasteiger partial charge < -0.3 is 0 Å². The molecule has 1 heterocycles. The van der Waals surface area contributed by atoms with Gasteiger partial charge in [-0.15, -0.1) is 0 Å². The van der Waals surface area contributed by atoms with E-state index in [9.17, 15) is 14.7 Å². The van der Waals surface area contributed by atoms with Gasteiger partial charge in [-0.1, -0.05) is 0 Å². The van der Waals surface area contributed by atoms with E-state index in [0.717, 1.165) is 0 Å². The molecule has 0 saturated carbocycles. The van der Waals surface area contributed by atoms with Crippen LogP contribution in [0.25, 0.3) is 10.8 Å². The summed E-state index contributed by atoms with van der Waals surface area (Å²) in [6.07, 6.45) is 0. The number of nitrogens with zero attached hydrogens (tertiary/aromatic N) is 1. The number of methoxy groups -OCH3 is 1. The number of carbonyl (C=O) groups excluding carboxylic acids is 1. The van der Waals surface area contributed by atoms with Gasteiger partial charge in [-0.3, -0.25) is 0 Å². The van der Waals surface area contributed by atoms with Crippen molar-refractivity contribution in [3.63, 3.8) is 0 Å². The molecule has 150 valence electrons. The number of carboxylic acid groups (broad SMARTS) is 1. The average Bonchev–Trinajstić information content (AvgIpc) is 2.70. The molecule has 7 nitrogen and oxygen atoms in total. The predicted octanol–water partition coefficient (Wildman–Crippen LogP) is 3.35. The molecule has 0 aliphatic carbocycles. The van der Waals surface area contributed by atoms with Gasteiger partial charge in [0, 0.05) is 0 Å². The molecule has 0 fully saturated rings. The van der Waals surface area contributed by atoms with Crippen LogP contribution in [0.1, 0.15) is 23.1 Å². The Balaban J connectivity index is 2.03. The van der Waals surface area contributed by atoms with Gasteiger partial charge in [0.15, 0.2) is 0 Å². The molecule has 2 N–H and O–H groups in total. The van der Waals surface area contributed by atoms with Crippen molar-refractivity contribution in [2.45, 2.75) is 18.2 Å². The van der Waals surface area contributed by atoms with E-state index >= 15 is 0 Å². The van der Waals surface area contributed by atoms with Crippen LogP contribution in [0.2, 0.25) is 4.71 Å². The first-order chi connectivity index (χ1) is 13.9. The quantitative estimate of drug-likeness (QED) is 0.500. The van der Waals surface area contributed by atoms with Crippen molar-refractivity contribution < 1.29 is 29.3 Å². The monoisotopic (exact) mass is 457 g/mol. The number of fused-ring (bicyclic) bond motifs is 1. The Kier molecular flexibility index (Phi) is 6.52. The molecular formula is C21H20AsNO6. The summed E-state index contributed by atoms with van der Waals surface area (Å²) in [7, 11) is 1.51. The predicted molar refractivity (Wildman–Crippen MR) is 109 cm³/mol. The van der Waals surface area contributed by atoms with Gasteiger partial charge in [-0.05, 0) is 0 Å². The van der Waals surface area contributed by atoms with Crippen molar-refractivity contribution in [1.29, 1.82) is 0 Å². The van der Waals surface area contributed by atoms with Crippen molar-refractivity contribution in [2.24, 2.45) is 0 Å². The summed E-state index contributed by atoms with van der Waals surface area (Å²) in [6, 6.07) is 14.3. The summed E-state index contributed by atoms with van der Waals surface area (Å²) >= 11 is -1.54. The molecule has 0 aliphatic heterocycles. The molecule has 0 radical (unpaired) electrons. The Bertz CT molecular complexity index is 1050. The van der Waals surface area contributed by atoms with Crippen LogP contribution in [0.4, 0.5) is 0 Å². The van der Waals surface area contributed by atoms with Crippen molar-refractivity contribution >= 4 is 37.1 Å². The van der Waals surface area contributed by atoms with E-state index in [0.29, 0.717) is 28.0 Å². The first-order valence-corrected chi connectivity index (χ1v) is 11.1. The van der Waals surface area contributed by atoms with Gasteiger partial charge in [-0.2, -0.15) is 0 Å². The summed E-state index contributed by atoms with van der Waals surface area (Å²) in [6.45, 7) is 1.61. The van der Waals surface area contributed by atoms with Gasteiger partial charge in [-0.25, -0.2) is 0 Å². The second-order valence-corrected chi connectivity index (χ2v) is 9.72. The molecule has 3 rings (SSSR count). The fourth-order valence-corrected chi connectivity index (χ4v) is 4.50. The van der Waals surface area contributed by atoms with Crippen LogP contribution in [0, 0.1) is 0 Å². The first-order valence-electron chi connectivity index (χ1n) is 8.81. The Labute approximate surface area is 174 Å². The zero-order valence-electron chi connectivity index (χ0n) is 15.9. The number of aromatic hydroxyl groups is 1. The number of rotatable bonds is 8. The molecule has 0 aliphatic rings. The van der Waals surface area contributed by atoms with Crippen molar-refractivity contribution in [3.05, 3.63) is 59.9 Å². The molecule has 2 atom stereocenters. The zero-order chi connectivity index (χ0) is 21.0. The van der Waals surface area contributed by atoms with Crippen LogP contribution in [0.3, 0.4) is 0 Å². The standard InChI is InChI=1S/C21H20AsNO6/c1-12(21(26)27)22-20(25)18-19(24)15-9-8-14(29-13-6-4-3-5-7-13)10-16(15)17(23-18)11-28-2/h3-10,12,22,24H,11H2,1-2H3,(H,26,27)/t12-/m0/s1. The normalized spacial score (nSPS) is 12.3. The molecule has 0 amide bonds. The number of carbonyl (C=O) groups is 2. The van der Waals surface area contributed by atoms with E-state index in [1.807, 2.05) is 30.3 Å². The van der Waals surface area contributed by atoms with Gasteiger partial charge in [0.05, 0.1) is 0 Å². The second kappa shape index (κ2) is 9.07. The molecule has 2 aromatic carbocycles. The summed E-state index contributed by atoms with van der Waals surface area (Å²) in [5.74, 6) is -0.0673. The summed E-state index contributed by atoms with van der Waals surface area (Å²) in [4.78, 5) is 28.0. The minimum absolute atomic E-state index is 0.102. The third-order valence-corrected chi connectivity index (χ3v) is 6.69. The minimum atomic E-state index is -1.54. The number of benzene rings is 2. The van der Waals surface area contributed by atoms with E-state index in [2.05, 4.69) is 4.98 Å². The molecule has 29 heavy (non-hydrogen) atoms. The number of ether oxygens (including phenoxy) is 2. The van der Waals surface area contributed by atoms with Crippen molar-refractivity contribution in [2.75, 3.05) is 7.11 Å². The van der Waals surface area contributed by atoms with Crippen LogP contribution in [-0.2, 0) is 16.1 Å². The second-order valence-electron chi connectivity index (χ2n) is 6.34. The molecule has 0 spiro atoms. The number of pyridine rings is 1. The van der Waals surface area contributed by atoms with Crippen LogP contribution in [0.15, 0.2) is 48.5 Å². The average molecular weight is 457 g/mol. The fourth-order valence-electron chi connectivity index (χ4n) is 2.76. The summed E-state index contributed by atoms with van der Waals surface area (Å²) in [5, 5.41) is 20.8. The van der Waals surface area contributed by atoms with Crippen LogP contribution in [0.5, 0.6) is 17.2 Å². The van der Waals surface area contributed by atoms with Crippen LogP contribution >= 0.6 is 0 Å². The number of hydrogen-bond acceptors (Lipinski definition) is 6. The van der Waals surface area contributed by atoms with E-state index < -0.39 is 31.0 Å². The maximum absolute atomic E-state index is 12.6. The van der Waals surface area contributed by atoms with Crippen molar-refractivity contribution in [3.8, 4) is 17.2 Å². The molecule has 8 heteroatoms. The Morgan fingerprint density at radius 1 is 1.10 bits per heavy atom. The van der Waals surface area contributed by atoms with Gasteiger partial charge in [0.25, 0.3) is 0 Å². The number of aromatic nitrogens is 1. The summed E-state index contributed by atoms with van der Waals surface area (Å²) < 4.78 is 9.87. The Morgan fingerprint density at radius 3 is 2.48 bits per heavy atom. The molecular weight excluding hydrogens is 437 g/mol. The molecule has 0 saturated heterocycles. The SMILES string of the molecule is COCc1nc(C(=O)[AsH][C@@H](C)C(=O)O)c(O)c2ccc(Oc3ccccc3)cc12. The molecule has 3 aromatic rings. The number of aliphatic carboxylic acids is 1. The molecule has 1 unspecified atom stereocenters. The first kappa shape index (κ1) is 20.8. The van der Waals surface area contributed by atoms with Gasteiger partial charge in [0.2, 0.25) is 0 Å². The van der Waals surface area contributed by atoms with Crippen LogP contribution in [-0.4, -0.2) is 48.6 Å². The Hall–Kier alpha value is -2.89. The number of carboxylic acids is 1. The topological polar surface area (TPSA) is 106 Å². The number of hydrogen-bond donors (Lipinski definition) is 2. The van der Waals surface area contributed by atoms with E-state index in [-0.39, 0.29) is 18.1 Å². The van der Waals surface area contributed by atoms with E-state index in [1.54, 1.807) is 18.2 Å². The fraction of sp³-hybridized carbons (Fsp3) is 0.190.